The normalized spacial score (nSPS) is 21.2. The van der Waals surface area contributed by atoms with Crippen LogP contribution in [0.5, 0.6) is 0 Å². The van der Waals surface area contributed by atoms with Crippen molar-refractivity contribution in [3.63, 3.8) is 0 Å². The van der Waals surface area contributed by atoms with Crippen LogP contribution in [0.2, 0.25) is 0 Å². The molecule has 2 atom stereocenters. The summed E-state index contributed by atoms with van der Waals surface area (Å²) in [6, 6.07) is 0. The lowest BCUT2D eigenvalue weighted by atomic mass is 10.0. The molecule has 2 amide bonds. The van der Waals surface area contributed by atoms with Gasteiger partial charge < -0.3 is 15.4 Å². The van der Waals surface area contributed by atoms with Crippen molar-refractivity contribution in [2.24, 2.45) is 11.7 Å². The maximum absolute atomic E-state index is 11.8. The first-order chi connectivity index (χ1) is 8.00. The van der Waals surface area contributed by atoms with Crippen molar-refractivity contribution in [1.82, 2.24) is 4.90 Å². The molecule has 0 aromatic carbocycles. The molecule has 0 spiro atoms. The predicted octanol–water partition coefficient (Wildman–Crippen LogP) is 0.525. The molecule has 1 rings (SSSR count). The third-order valence-electron chi connectivity index (χ3n) is 3.20. The molecular weight excluding hydrogens is 220 g/mol. The second-order valence-corrected chi connectivity index (χ2v) is 4.75. The Bertz CT molecular complexity index is 275. The fraction of sp³-hybridized carbons (Fsp3) is 0.833. The SMILES string of the molecule is CC(CCC(=O)N(C)C[C@@H]1CCCO1)C(N)=O. The molecule has 1 fully saturated rings. The van der Waals surface area contributed by atoms with E-state index in [9.17, 15) is 9.59 Å². The van der Waals surface area contributed by atoms with Crippen molar-refractivity contribution in [3.05, 3.63) is 0 Å². The molecule has 1 heterocycles. The Morgan fingerprint density at radius 1 is 1.53 bits per heavy atom. The fourth-order valence-electron chi connectivity index (χ4n) is 1.87. The highest BCUT2D eigenvalue weighted by atomic mass is 16.5. The molecule has 2 N–H and O–H groups in total. The van der Waals surface area contributed by atoms with Gasteiger partial charge in [0.1, 0.15) is 0 Å². The number of primary amides is 1. The van der Waals surface area contributed by atoms with Crippen LogP contribution in [0, 0.1) is 5.92 Å². The number of rotatable bonds is 6. The van der Waals surface area contributed by atoms with Crippen molar-refractivity contribution in [1.29, 1.82) is 0 Å². The lowest BCUT2D eigenvalue weighted by Gasteiger charge is -2.21. The van der Waals surface area contributed by atoms with Gasteiger partial charge in [-0.1, -0.05) is 6.92 Å². The summed E-state index contributed by atoms with van der Waals surface area (Å²) in [6.45, 7) is 3.19. The van der Waals surface area contributed by atoms with Gasteiger partial charge in [0.25, 0.3) is 0 Å². The molecule has 1 saturated heterocycles. The highest BCUT2D eigenvalue weighted by Gasteiger charge is 2.20. The summed E-state index contributed by atoms with van der Waals surface area (Å²) in [5.74, 6) is -0.539. The molecule has 1 aliphatic heterocycles. The van der Waals surface area contributed by atoms with Gasteiger partial charge in [-0.15, -0.1) is 0 Å². The van der Waals surface area contributed by atoms with E-state index >= 15 is 0 Å². The molecule has 5 nitrogen and oxygen atoms in total. The van der Waals surface area contributed by atoms with Gasteiger partial charge in [-0.2, -0.15) is 0 Å². The van der Waals surface area contributed by atoms with E-state index in [1.807, 2.05) is 0 Å². The van der Waals surface area contributed by atoms with Gasteiger partial charge in [-0.25, -0.2) is 0 Å². The molecule has 0 aromatic heterocycles. The number of hydrogen-bond acceptors (Lipinski definition) is 3. The lowest BCUT2D eigenvalue weighted by molar-refractivity contribution is -0.131. The molecule has 0 saturated carbocycles. The van der Waals surface area contributed by atoms with Crippen LogP contribution in [0.4, 0.5) is 0 Å². The Morgan fingerprint density at radius 3 is 2.76 bits per heavy atom. The minimum Gasteiger partial charge on any atom is -0.376 e. The highest BCUT2D eigenvalue weighted by Crippen LogP contribution is 2.14. The minimum absolute atomic E-state index is 0.0496. The van der Waals surface area contributed by atoms with Crippen molar-refractivity contribution in [2.75, 3.05) is 20.2 Å². The summed E-state index contributed by atoms with van der Waals surface area (Å²) < 4.78 is 5.47. The first-order valence-corrected chi connectivity index (χ1v) is 6.15. The zero-order chi connectivity index (χ0) is 12.8. The van der Waals surface area contributed by atoms with Gasteiger partial charge in [-0.3, -0.25) is 9.59 Å². The number of amides is 2. The molecule has 0 aliphatic carbocycles. The van der Waals surface area contributed by atoms with E-state index < -0.39 is 0 Å². The number of ether oxygens (including phenoxy) is 1. The Kier molecular flexibility index (Phi) is 5.41. The Labute approximate surface area is 102 Å². The topological polar surface area (TPSA) is 72.6 Å². The van der Waals surface area contributed by atoms with Crippen molar-refractivity contribution >= 4 is 11.8 Å². The zero-order valence-corrected chi connectivity index (χ0v) is 10.6. The average molecular weight is 242 g/mol. The van der Waals surface area contributed by atoms with Crippen LogP contribution in [0.1, 0.15) is 32.6 Å². The Morgan fingerprint density at radius 2 is 2.24 bits per heavy atom. The quantitative estimate of drug-likeness (QED) is 0.738. The maximum atomic E-state index is 11.8. The molecule has 0 bridgehead atoms. The monoisotopic (exact) mass is 242 g/mol. The van der Waals surface area contributed by atoms with Crippen molar-refractivity contribution in [2.45, 2.75) is 38.7 Å². The van der Waals surface area contributed by atoms with Crippen molar-refractivity contribution in [3.8, 4) is 0 Å². The van der Waals surface area contributed by atoms with Gasteiger partial charge in [0.2, 0.25) is 11.8 Å². The molecule has 17 heavy (non-hydrogen) atoms. The smallest absolute Gasteiger partial charge is 0.222 e. The third-order valence-corrected chi connectivity index (χ3v) is 3.20. The highest BCUT2D eigenvalue weighted by molar-refractivity contribution is 5.79. The second-order valence-electron chi connectivity index (χ2n) is 4.75. The summed E-state index contributed by atoms with van der Waals surface area (Å²) in [5, 5.41) is 0. The molecule has 1 aliphatic rings. The summed E-state index contributed by atoms with van der Waals surface area (Å²) in [4.78, 5) is 24.3. The molecule has 0 radical (unpaired) electrons. The third kappa shape index (κ3) is 4.73. The molecule has 0 aromatic rings. The van der Waals surface area contributed by atoms with E-state index in [-0.39, 0.29) is 23.8 Å². The van der Waals surface area contributed by atoms with Crippen LogP contribution in [0.3, 0.4) is 0 Å². The number of carbonyl (C=O) groups is 2. The van der Waals surface area contributed by atoms with Crippen LogP contribution >= 0.6 is 0 Å². The van der Waals surface area contributed by atoms with E-state index in [0.29, 0.717) is 19.4 Å². The minimum atomic E-state index is -0.348. The standard InChI is InChI=1S/C12H22N2O3/c1-9(12(13)16)5-6-11(15)14(2)8-10-4-3-7-17-10/h9-10H,3-8H2,1-2H3,(H2,13,16)/t9?,10-/m0/s1. The van der Waals surface area contributed by atoms with Gasteiger partial charge in [0.15, 0.2) is 0 Å². The zero-order valence-electron chi connectivity index (χ0n) is 10.6. The Balaban J connectivity index is 2.24. The molecule has 98 valence electrons. The second kappa shape index (κ2) is 6.59. The number of hydrogen-bond donors (Lipinski definition) is 1. The van der Waals surface area contributed by atoms with Crippen LogP contribution in [-0.4, -0.2) is 43.0 Å². The summed E-state index contributed by atoms with van der Waals surface area (Å²) in [5.41, 5.74) is 5.15. The van der Waals surface area contributed by atoms with E-state index in [4.69, 9.17) is 10.5 Å². The number of nitrogens with two attached hydrogens (primary N) is 1. The van der Waals surface area contributed by atoms with Crippen LogP contribution in [-0.2, 0) is 14.3 Å². The predicted molar refractivity (Wildman–Crippen MR) is 64.2 cm³/mol. The average Bonchev–Trinajstić information content (AvgIpc) is 2.77. The molecule has 5 heteroatoms. The summed E-state index contributed by atoms with van der Waals surface area (Å²) in [7, 11) is 1.78. The van der Waals surface area contributed by atoms with Gasteiger partial charge in [0.05, 0.1) is 6.10 Å². The van der Waals surface area contributed by atoms with Crippen LogP contribution < -0.4 is 5.73 Å². The van der Waals surface area contributed by atoms with Crippen LogP contribution in [0.25, 0.3) is 0 Å². The molecule has 1 unspecified atom stereocenters. The maximum Gasteiger partial charge on any atom is 0.222 e. The summed E-state index contributed by atoms with van der Waals surface area (Å²) >= 11 is 0. The largest absolute Gasteiger partial charge is 0.376 e. The number of nitrogens with zero attached hydrogens (tertiary/aromatic N) is 1. The molecular formula is C12H22N2O3. The van der Waals surface area contributed by atoms with Crippen LogP contribution in [0.15, 0.2) is 0 Å². The van der Waals surface area contributed by atoms with E-state index in [2.05, 4.69) is 0 Å². The van der Waals surface area contributed by atoms with Gasteiger partial charge >= 0.3 is 0 Å². The van der Waals surface area contributed by atoms with Gasteiger partial charge in [0, 0.05) is 32.5 Å². The summed E-state index contributed by atoms with van der Waals surface area (Å²) in [6.07, 6.45) is 3.16. The number of carbonyl (C=O) groups excluding carboxylic acids is 2. The first-order valence-electron chi connectivity index (χ1n) is 6.15. The fourth-order valence-corrected chi connectivity index (χ4v) is 1.87. The lowest BCUT2D eigenvalue weighted by Crippen LogP contribution is -2.34. The number of likely N-dealkylation sites (N-methyl/N-ethyl adjacent to an activating group) is 1. The first kappa shape index (κ1) is 14.0. The Hall–Kier alpha value is -1.10. The van der Waals surface area contributed by atoms with Crippen molar-refractivity contribution < 1.29 is 14.3 Å². The van der Waals surface area contributed by atoms with E-state index in [1.54, 1.807) is 18.9 Å². The van der Waals surface area contributed by atoms with E-state index in [0.717, 1.165) is 19.4 Å². The van der Waals surface area contributed by atoms with Gasteiger partial charge in [-0.05, 0) is 19.3 Å². The van der Waals surface area contributed by atoms with E-state index in [1.165, 1.54) is 0 Å².